The molecule has 2 aromatic heterocycles. The van der Waals surface area contributed by atoms with E-state index in [0.29, 0.717) is 17.0 Å². The lowest BCUT2D eigenvalue weighted by molar-refractivity contribution is -0.919. The molecule has 0 spiro atoms. The summed E-state index contributed by atoms with van der Waals surface area (Å²) >= 11 is 3.20. The van der Waals surface area contributed by atoms with Gasteiger partial charge in [0.1, 0.15) is 0 Å². The van der Waals surface area contributed by atoms with E-state index < -0.39 is 0 Å². The molecule has 112 valence electrons. The molecule has 1 saturated heterocycles. The SMILES string of the molecule is O=C(NC[C@H](c1ccco1)[NH+]1CCCC1)c1ccc(Br)o1. The van der Waals surface area contributed by atoms with Crippen LogP contribution in [0, 0.1) is 0 Å². The Morgan fingerprint density at radius 3 is 2.76 bits per heavy atom. The Bertz CT molecular complexity index is 588. The number of quaternary nitrogens is 1. The third-order valence-electron chi connectivity index (χ3n) is 3.89. The summed E-state index contributed by atoms with van der Waals surface area (Å²) < 4.78 is 11.4. The number of furan rings is 2. The van der Waals surface area contributed by atoms with Crippen molar-refractivity contribution in [3.8, 4) is 0 Å². The number of carbonyl (C=O) groups is 1. The molecule has 6 heteroatoms. The van der Waals surface area contributed by atoms with E-state index in [1.165, 1.54) is 17.7 Å². The second-order valence-corrected chi connectivity index (χ2v) is 6.03. The lowest BCUT2D eigenvalue weighted by Crippen LogP contribution is -3.11. The zero-order chi connectivity index (χ0) is 14.7. The van der Waals surface area contributed by atoms with Crippen LogP contribution in [0.25, 0.3) is 0 Å². The van der Waals surface area contributed by atoms with Crippen LogP contribution in [0.3, 0.4) is 0 Å². The third kappa shape index (κ3) is 3.39. The average molecular weight is 354 g/mol. The summed E-state index contributed by atoms with van der Waals surface area (Å²) in [5.74, 6) is 1.04. The highest BCUT2D eigenvalue weighted by Gasteiger charge is 2.30. The minimum absolute atomic E-state index is 0.157. The standard InChI is InChI=1S/C15H17BrN2O3/c16-14-6-5-13(21-14)15(19)17-10-11(12-4-3-9-20-12)18-7-1-2-8-18/h3-6,9,11H,1-2,7-8,10H2,(H,17,19)/p+1/t11-/m1/s1. The second-order valence-electron chi connectivity index (χ2n) is 5.25. The van der Waals surface area contributed by atoms with Crippen LogP contribution in [0.5, 0.6) is 0 Å². The lowest BCUT2D eigenvalue weighted by Gasteiger charge is -2.22. The van der Waals surface area contributed by atoms with Crippen LogP contribution in [0.2, 0.25) is 0 Å². The maximum absolute atomic E-state index is 12.1. The fourth-order valence-electron chi connectivity index (χ4n) is 2.83. The van der Waals surface area contributed by atoms with Gasteiger partial charge in [-0.2, -0.15) is 0 Å². The molecular formula is C15H18BrN2O3+. The van der Waals surface area contributed by atoms with Crippen LogP contribution in [0.4, 0.5) is 0 Å². The highest BCUT2D eigenvalue weighted by molar-refractivity contribution is 9.10. The number of carbonyl (C=O) groups excluding carboxylic acids is 1. The molecule has 1 aliphatic heterocycles. The number of amides is 1. The van der Waals surface area contributed by atoms with Crippen LogP contribution < -0.4 is 10.2 Å². The van der Waals surface area contributed by atoms with Gasteiger partial charge in [0.2, 0.25) is 0 Å². The monoisotopic (exact) mass is 353 g/mol. The Morgan fingerprint density at radius 1 is 1.33 bits per heavy atom. The molecule has 0 aromatic carbocycles. The van der Waals surface area contributed by atoms with E-state index in [1.54, 1.807) is 18.4 Å². The Morgan fingerprint density at radius 2 is 2.14 bits per heavy atom. The minimum atomic E-state index is -0.198. The van der Waals surface area contributed by atoms with Crippen LogP contribution in [-0.4, -0.2) is 25.5 Å². The fourth-order valence-corrected chi connectivity index (χ4v) is 3.14. The zero-order valence-corrected chi connectivity index (χ0v) is 13.2. The number of hydrogen-bond donors (Lipinski definition) is 2. The van der Waals surface area contributed by atoms with E-state index in [1.807, 2.05) is 12.1 Å². The summed E-state index contributed by atoms with van der Waals surface area (Å²) in [4.78, 5) is 13.5. The molecule has 21 heavy (non-hydrogen) atoms. The smallest absolute Gasteiger partial charge is 0.287 e. The number of likely N-dealkylation sites (tertiary alicyclic amines) is 1. The van der Waals surface area contributed by atoms with Crippen molar-refractivity contribution in [2.24, 2.45) is 0 Å². The minimum Gasteiger partial charge on any atom is -0.463 e. The first-order chi connectivity index (χ1) is 10.2. The van der Waals surface area contributed by atoms with E-state index in [9.17, 15) is 4.79 Å². The molecule has 3 heterocycles. The summed E-state index contributed by atoms with van der Waals surface area (Å²) in [5, 5.41) is 2.94. The van der Waals surface area contributed by atoms with Gasteiger partial charge in [0.05, 0.1) is 25.9 Å². The van der Waals surface area contributed by atoms with Crippen molar-refractivity contribution in [3.05, 3.63) is 46.7 Å². The predicted octanol–water partition coefficient (Wildman–Crippen LogP) is 1.78. The van der Waals surface area contributed by atoms with Crippen molar-refractivity contribution in [2.75, 3.05) is 19.6 Å². The van der Waals surface area contributed by atoms with E-state index in [4.69, 9.17) is 8.83 Å². The first-order valence-electron chi connectivity index (χ1n) is 7.15. The Kier molecular flexibility index (Phi) is 4.45. The normalized spacial score (nSPS) is 17.0. The van der Waals surface area contributed by atoms with Crippen molar-refractivity contribution in [2.45, 2.75) is 18.9 Å². The topological polar surface area (TPSA) is 59.8 Å². The molecule has 0 radical (unpaired) electrons. The van der Waals surface area contributed by atoms with Gasteiger partial charge in [0.15, 0.2) is 22.2 Å². The number of rotatable bonds is 5. The van der Waals surface area contributed by atoms with Crippen LogP contribution in [0.1, 0.15) is 35.2 Å². The van der Waals surface area contributed by atoms with Crippen LogP contribution in [0.15, 0.2) is 44.0 Å². The molecule has 3 rings (SSSR count). The van der Waals surface area contributed by atoms with Crippen molar-refractivity contribution in [1.29, 1.82) is 0 Å². The van der Waals surface area contributed by atoms with Gasteiger partial charge < -0.3 is 19.1 Å². The molecule has 1 aliphatic rings. The van der Waals surface area contributed by atoms with Crippen LogP contribution in [-0.2, 0) is 0 Å². The lowest BCUT2D eigenvalue weighted by atomic mass is 10.2. The van der Waals surface area contributed by atoms with Crippen molar-refractivity contribution < 1.29 is 18.5 Å². The molecule has 1 amide bonds. The third-order valence-corrected chi connectivity index (χ3v) is 4.32. The van der Waals surface area contributed by atoms with Gasteiger partial charge in [-0.25, -0.2) is 0 Å². The molecular weight excluding hydrogens is 336 g/mol. The summed E-state index contributed by atoms with van der Waals surface area (Å²) in [5.41, 5.74) is 0. The molecule has 0 unspecified atom stereocenters. The molecule has 5 nitrogen and oxygen atoms in total. The van der Waals surface area contributed by atoms with Gasteiger partial charge in [-0.1, -0.05) is 0 Å². The van der Waals surface area contributed by atoms with Gasteiger partial charge in [-0.05, 0) is 40.2 Å². The van der Waals surface area contributed by atoms with Crippen molar-refractivity contribution in [1.82, 2.24) is 5.32 Å². The molecule has 0 bridgehead atoms. The molecule has 2 aromatic rings. The number of hydrogen-bond acceptors (Lipinski definition) is 3. The Hall–Kier alpha value is -1.53. The maximum atomic E-state index is 12.1. The van der Waals surface area contributed by atoms with Gasteiger partial charge in [-0.15, -0.1) is 0 Å². The van der Waals surface area contributed by atoms with Gasteiger partial charge >= 0.3 is 0 Å². The average Bonchev–Trinajstić information content (AvgIpc) is 3.21. The highest BCUT2D eigenvalue weighted by Crippen LogP contribution is 2.15. The van der Waals surface area contributed by atoms with Crippen molar-refractivity contribution >= 4 is 21.8 Å². The Balaban J connectivity index is 1.66. The largest absolute Gasteiger partial charge is 0.463 e. The molecule has 0 saturated carbocycles. The van der Waals surface area contributed by atoms with E-state index >= 15 is 0 Å². The zero-order valence-electron chi connectivity index (χ0n) is 11.6. The summed E-state index contributed by atoms with van der Waals surface area (Å²) in [6, 6.07) is 7.40. The maximum Gasteiger partial charge on any atom is 0.287 e. The predicted molar refractivity (Wildman–Crippen MR) is 80.1 cm³/mol. The quantitative estimate of drug-likeness (QED) is 0.861. The molecule has 0 aliphatic carbocycles. The molecule has 2 N–H and O–H groups in total. The van der Waals surface area contributed by atoms with Gasteiger partial charge in [-0.3, -0.25) is 4.79 Å². The van der Waals surface area contributed by atoms with E-state index in [-0.39, 0.29) is 11.9 Å². The second kappa shape index (κ2) is 6.49. The highest BCUT2D eigenvalue weighted by atomic mass is 79.9. The number of nitrogens with one attached hydrogen (secondary N) is 2. The fraction of sp³-hybridized carbons (Fsp3) is 0.400. The van der Waals surface area contributed by atoms with Gasteiger partial charge in [0, 0.05) is 12.8 Å². The van der Waals surface area contributed by atoms with E-state index in [0.717, 1.165) is 18.8 Å². The first kappa shape index (κ1) is 14.4. The Labute approximate surface area is 131 Å². The van der Waals surface area contributed by atoms with Crippen LogP contribution >= 0.6 is 15.9 Å². The summed E-state index contributed by atoms with van der Waals surface area (Å²) in [6.07, 6.45) is 4.14. The first-order valence-corrected chi connectivity index (χ1v) is 7.95. The van der Waals surface area contributed by atoms with E-state index in [2.05, 4.69) is 21.2 Å². The molecule has 1 atom stereocenters. The molecule has 1 fully saturated rings. The number of halogens is 1. The van der Waals surface area contributed by atoms with Gasteiger partial charge in [0.25, 0.3) is 5.91 Å². The van der Waals surface area contributed by atoms with Crippen molar-refractivity contribution in [3.63, 3.8) is 0 Å². The summed E-state index contributed by atoms with van der Waals surface area (Å²) in [7, 11) is 0. The summed E-state index contributed by atoms with van der Waals surface area (Å²) in [6.45, 7) is 2.78.